The number of nitrogens with zero attached hydrogens (tertiary/aromatic N) is 2. The lowest BCUT2D eigenvalue weighted by atomic mass is 9.90. The zero-order valence-corrected chi connectivity index (χ0v) is 12.0. The summed E-state index contributed by atoms with van der Waals surface area (Å²) < 4.78 is 7.85. The van der Waals surface area contributed by atoms with Crippen molar-refractivity contribution < 1.29 is 4.74 Å². The molecule has 0 aromatic carbocycles. The van der Waals surface area contributed by atoms with Crippen LogP contribution in [0.25, 0.3) is 4.96 Å². The Hall–Kier alpha value is -0.910. The van der Waals surface area contributed by atoms with E-state index >= 15 is 0 Å². The molecule has 2 unspecified atom stereocenters. The predicted molar refractivity (Wildman–Crippen MR) is 75.1 cm³/mol. The van der Waals surface area contributed by atoms with Gasteiger partial charge in [-0.2, -0.15) is 0 Å². The van der Waals surface area contributed by atoms with E-state index in [4.69, 9.17) is 10.5 Å². The van der Waals surface area contributed by atoms with Crippen LogP contribution in [0.3, 0.4) is 0 Å². The van der Waals surface area contributed by atoms with Crippen molar-refractivity contribution in [2.75, 3.05) is 6.61 Å². The molecule has 0 bridgehead atoms. The number of fused-ring (bicyclic) bond motifs is 1. The second-order valence-corrected chi connectivity index (χ2v) is 5.61. The van der Waals surface area contributed by atoms with Crippen molar-refractivity contribution in [3.8, 4) is 0 Å². The van der Waals surface area contributed by atoms with Gasteiger partial charge in [0.1, 0.15) is 0 Å². The van der Waals surface area contributed by atoms with E-state index in [1.165, 1.54) is 0 Å². The topological polar surface area (TPSA) is 52.5 Å². The largest absolute Gasteiger partial charge is 0.374 e. The van der Waals surface area contributed by atoms with E-state index in [0.29, 0.717) is 6.61 Å². The van der Waals surface area contributed by atoms with E-state index in [1.54, 1.807) is 11.3 Å². The van der Waals surface area contributed by atoms with Gasteiger partial charge in [0, 0.05) is 36.8 Å². The summed E-state index contributed by atoms with van der Waals surface area (Å²) in [7, 11) is 0. The van der Waals surface area contributed by atoms with Crippen LogP contribution < -0.4 is 5.73 Å². The molecule has 0 saturated heterocycles. The molecular weight excluding hydrogens is 246 g/mol. The molecule has 0 aliphatic rings. The molecule has 2 heterocycles. The Bertz CT molecular complexity index is 479. The van der Waals surface area contributed by atoms with Crippen LogP contribution in [0, 0.1) is 0 Å². The number of nitrogens with two attached hydrogens (primary N) is 1. The van der Waals surface area contributed by atoms with E-state index in [2.05, 4.69) is 18.8 Å². The fraction of sp³-hybridized carbons (Fsp3) is 0.615. The van der Waals surface area contributed by atoms with E-state index in [9.17, 15) is 0 Å². The van der Waals surface area contributed by atoms with Gasteiger partial charge in [0.15, 0.2) is 4.96 Å². The van der Waals surface area contributed by atoms with Crippen LogP contribution in [-0.4, -0.2) is 27.6 Å². The number of ether oxygens (including phenoxy) is 1. The van der Waals surface area contributed by atoms with Gasteiger partial charge in [-0.25, -0.2) is 4.98 Å². The van der Waals surface area contributed by atoms with Crippen molar-refractivity contribution in [3.05, 3.63) is 23.5 Å². The maximum absolute atomic E-state index is 6.30. The Labute approximate surface area is 112 Å². The third-order valence-electron chi connectivity index (χ3n) is 3.53. The fourth-order valence-electron chi connectivity index (χ4n) is 2.12. The highest BCUT2D eigenvalue weighted by atomic mass is 32.1. The number of thiazole rings is 1. The zero-order chi connectivity index (χ0) is 13.2. The van der Waals surface area contributed by atoms with Crippen LogP contribution in [0.15, 0.2) is 17.8 Å². The van der Waals surface area contributed by atoms with Gasteiger partial charge in [-0.05, 0) is 20.3 Å². The number of imidazole rings is 1. The Morgan fingerprint density at radius 2 is 2.33 bits per heavy atom. The van der Waals surface area contributed by atoms with Gasteiger partial charge in [-0.1, -0.05) is 6.92 Å². The monoisotopic (exact) mass is 267 g/mol. The third kappa shape index (κ3) is 2.58. The second kappa shape index (κ2) is 5.38. The molecule has 100 valence electrons. The van der Waals surface area contributed by atoms with Crippen LogP contribution in [-0.2, 0) is 11.2 Å². The Morgan fingerprint density at radius 3 is 2.94 bits per heavy atom. The summed E-state index contributed by atoms with van der Waals surface area (Å²) in [5, 5.41) is 2.03. The first-order valence-corrected chi connectivity index (χ1v) is 7.27. The fourth-order valence-corrected chi connectivity index (χ4v) is 2.84. The van der Waals surface area contributed by atoms with Crippen LogP contribution in [0.5, 0.6) is 0 Å². The summed E-state index contributed by atoms with van der Waals surface area (Å²) >= 11 is 1.64. The summed E-state index contributed by atoms with van der Waals surface area (Å²) in [6.45, 7) is 6.89. The molecule has 0 saturated carbocycles. The Balaban J connectivity index is 2.10. The van der Waals surface area contributed by atoms with E-state index in [0.717, 1.165) is 23.5 Å². The molecule has 0 spiro atoms. The average molecular weight is 267 g/mol. The molecular formula is C13H21N3OS. The van der Waals surface area contributed by atoms with Crippen molar-refractivity contribution >= 4 is 16.3 Å². The number of hydrogen-bond acceptors (Lipinski definition) is 4. The molecule has 0 fully saturated rings. The third-order valence-corrected chi connectivity index (χ3v) is 4.30. The lowest BCUT2D eigenvalue weighted by molar-refractivity contribution is -0.0463. The lowest BCUT2D eigenvalue weighted by Gasteiger charge is -2.34. The smallest absolute Gasteiger partial charge is 0.193 e. The Morgan fingerprint density at radius 1 is 1.56 bits per heavy atom. The van der Waals surface area contributed by atoms with Crippen molar-refractivity contribution in [2.45, 2.75) is 45.3 Å². The summed E-state index contributed by atoms with van der Waals surface area (Å²) in [4.78, 5) is 5.59. The van der Waals surface area contributed by atoms with Crippen LogP contribution in [0.4, 0.5) is 0 Å². The predicted octanol–water partition coefficient (Wildman–Crippen LogP) is 2.47. The van der Waals surface area contributed by atoms with Crippen molar-refractivity contribution in [3.63, 3.8) is 0 Å². The molecule has 5 heteroatoms. The van der Waals surface area contributed by atoms with Crippen molar-refractivity contribution in [2.24, 2.45) is 5.73 Å². The van der Waals surface area contributed by atoms with Gasteiger partial charge >= 0.3 is 0 Å². The molecule has 4 nitrogen and oxygen atoms in total. The summed E-state index contributed by atoms with van der Waals surface area (Å²) in [5.41, 5.74) is 7.06. The van der Waals surface area contributed by atoms with Crippen LogP contribution in [0.2, 0.25) is 0 Å². The average Bonchev–Trinajstić information content (AvgIpc) is 2.89. The molecule has 18 heavy (non-hydrogen) atoms. The van der Waals surface area contributed by atoms with Gasteiger partial charge in [-0.15, -0.1) is 11.3 Å². The van der Waals surface area contributed by atoms with Crippen molar-refractivity contribution in [1.29, 1.82) is 0 Å². The maximum atomic E-state index is 6.30. The molecule has 0 aliphatic carbocycles. The second-order valence-electron chi connectivity index (χ2n) is 4.73. The molecule has 2 atom stereocenters. The quantitative estimate of drug-likeness (QED) is 0.874. The minimum atomic E-state index is -0.272. The van der Waals surface area contributed by atoms with Gasteiger partial charge in [0.2, 0.25) is 0 Å². The van der Waals surface area contributed by atoms with Gasteiger partial charge < -0.3 is 10.5 Å². The van der Waals surface area contributed by atoms with E-state index < -0.39 is 0 Å². The molecule has 2 aromatic rings. The van der Waals surface area contributed by atoms with Gasteiger partial charge in [0.05, 0.1) is 11.3 Å². The highest BCUT2D eigenvalue weighted by Gasteiger charge is 2.31. The number of aromatic nitrogens is 2. The number of hydrogen-bond donors (Lipinski definition) is 1. The Kier molecular flexibility index (Phi) is 4.04. The number of rotatable bonds is 6. The minimum absolute atomic E-state index is 0.0351. The minimum Gasteiger partial charge on any atom is -0.374 e. The molecule has 0 aliphatic heterocycles. The first kappa shape index (κ1) is 13.5. The standard InChI is InChI=1S/C13H21N3OS/c1-4-13(3,17-5-2)11(14)8-10-9-16-6-7-18-12(16)15-10/h6-7,9,11H,4-5,8,14H2,1-3H3. The summed E-state index contributed by atoms with van der Waals surface area (Å²) in [6.07, 6.45) is 5.72. The molecule has 2 aromatic heterocycles. The first-order chi connectivity index (χ1) is 8.59. The SMILES string of the molecule is CCOC(C)(CC)C(N)Cc1cn2ccsc2n1. The maximum Gasteiger partial charge on any atom is 0.193 e. The summed E-state index contributed by atoms with van der Waals surface area (Å²) in [6, 6.07) is -0.0351. The molecule has 0 radical (unpaired) electrons. The molecule has 0 amide bonds. The highest BCUT2D eigenvalue weighted by molar-refractivity contribution is 7.15. The first-order valence-electron chi connectivity index (χ1n) is 6.39. The van der Waals surface area contributed by atoms with Crippen molar-refractivity contribution in [1.82, 2.24) is 9.38 Å². The lowest BCUT2D eigenvalue weighted by Crippen LogP contribution is -2.48. The van der Waals surface area contributed by atoms with E-state index in [1.807, 2.05) is 29.1 Å². The van der Waals surface area contributed by atoms with Gasteiger partial charge in [-0.3, -0.25) is 4.40 Å². The van der Waals surface area contributed by atoms with Crippen LogP contribution >= 0.6 is 11.3 Å². The van der Waals surface area contributed by atoms with Crippen LogP contribution in [0.1, 0.15) is 32.9 Å². The molecule has 2 N–H and O–H groups in total. The highest BCUT2D eigenvalue weighted by Crippen LogP contribution is 2.22. The normalized spacial score (nSPS) is 16.9. The molecule has 2 rings (SSSR count). The van der Waals surface area contributed by atoms with E-state index in [-0.39, 0.29) is 11.6 Å². The zero-order valence-electron chi connectivity index (χ0n) is 11.2. The van der Waals surface area contributed by atoms with Gasteiger partial charge in [0.25, 0.3) is 0 Å². The summed E-state index contributed by atoms with van der Waals surface area (Å²) in [5.74, 6) is 0.